The third kappa shape index (κ3) is 5.70. The van der Waals surface area contributed by atoms with Gasteiger partial charge in [0.2, 0.25) is 0 Å². The zero-order chi connectivity index (χ0) is 26.8. The molecular formula is C30H32ClN5O2S. The average molecular weight is 562 g/mol. The molecule has 2 fully saturated rings. The molecule has 9 heteroatoms. The molecule has 0 atom stereocenters. The second-order valence-corrected chi connectivity index (χ2v) is 11.5. The Labute approximate surface area is 238 Å². The minimum absolute atomic E-state index is 0.189. The van der Waals surface area contributed by atoms with E-state index in [4.69, 9.17) is 16.3 Å². The number of piperazine rings is 1. The van der Waals surface area contributed by atoms with Crippen molar-refractivity contribution >= 4 is 57.1 Å². The molecule has 0 bridgehead atoms. The summed E-state index contributed by atoms with van der Waals surface area (Å²) in [5.41, 5.74) is 5.05. The molecule has 0 radical (unpaired) electrons. The number of amides is 1. The minimum Gasteiger partial charge on any atom is -0.378 e. The van der Waals surface area contributed by atoms with Gasteiger partial charge in [0, 0.05) is 50.9 Å². The Bertz CT molecular complexity index is 1440. The highest BCUT2D eigenvalue weighted by atomic mass is 35.5. The van der Waals surface area contributed by atoms with Gasteiger partial charge in [-0.2, -0.15) is 4.99 Å². The Hall–Kier alpha value is -2.91. The van der Waals surface area contributed by atoms with Crippen LogP contribution in [0.4, 0.5) is 5.69 Å². The summed E-state index contributed by atoms with van der Waals surface area (Å²) in [6, 6.07) is 14.5. The van der Waals surface area contributed by atoms with Crippen LogP contribution in [0, 0.1) is 0 Å². The number of pyridine rings is 1. The zero-order valence-electron chi connectivity index (χ0n) is 22.1. The number of hydrogen-bond acceptors (Lipinski definition) is 7. The summed E-state index contributed by atoms with van der Waals surface area (Å²) < 4.78 is 5.43. The molecule has 2 aromatic carbocycles. The van der Waals surface area contributed by atoms with Gasteiger partial charge in [-0.15, -0.1) is 0 Å². The van der Waals surface area contributed by atoms with Gasteiger partial charge in [-0.05, 0) is 77.8 Å². The van der Waals surface area contributed by atoms with Crippen LogP contribution in [0.3, 0.4) is 0 Å². The number of anilines is 1. The predicted octanol–water partition coefficient (Wildman–Crippen LogP) is 5.39. The molecule has 7 nitrogen and oxygen atoms in total. The quantitative estimate of drug-likeness (QED) is 0.387. The maximum Gasteiger partial charge on any atom is 0.286 e. The first-order chi connectivity index (χ1) is 19.1. The van der Waals surface area contributed by atoms with Gasteiger partial charge in [0.05, 0.1) is 34.3 Å². The van der Waals surface area contributed by atoms with E-state index in [9.17, 15) is 4.79 Å². The summed E-state index contributed by atoms with van der Waals surface area (Å²) >= 11 is 8.29. The fourth-order valence-corrected chi connectivity index (χ4v) is 6.67. The molecule has 0 saturated carbocycles. The average Bonchev–Trinajstić information content (AvgIpc) is 3.33. The summed E-state index contributed by atoms with van der Waals surface area (Å²) in [5, 5.41) is 2.55. The number of halogens is 1. The molecule has 4 heterocycles. The van der Waals surface area contributed by atoms with Gasteiger partial charge in [0.25, 0.3) is 5.91 Å². The molecule has 0 aliphatic carbocycles. The van der Waals surface area contributed by atoms with Gasteiger partial charge < -0.3 is 14.5 Å². The first kappa shape index (κ1) is 26.3. The van der Waals surface area contributed by atoms with Crippen LogP contribution in [-0.4, -0.2) is 84.9 Å². The molecule has 2 saturated heterocycles. The van der Waals surface area contributed by atoms with E-state index in [2.05, 4.69) is 55.9 Å². The molecule has 3 aromatic rings. The van der Waals surface area contributed by atoms with Crippen molar-refractivity contribution in [2.24, 2.45) is 4.99 Å². The van der Waals surface area contributed by atoms with E-state index in [1.807, 2.05) is 30.5 Å². The lowest BCUT2D eigenvalue weighted by molar-refractivity contribution is -0.113. The number of benzene rings is 2. The van der Waals surface area contributed by atoms with Crippen molar-refractivity contribution in [3.63, 3.8) is 0 Å². The van der Waals surface area contributed by atoms with Crippen molar-refractivity contribution in [3.05, 3.63) is 64.2 Å². The maximum atomic E-state index is 12.7. The monoisotopic (exact) mass is 561 g/mol. The van der Waals surface area contributed by atoms with E-state index in [1.54, 1.807) is 0 Å². The second-order valence-electron chi connectivity index (χ2n) is 10.0. The molecule has 0 N–H and O–H groups in total. The number of hydrogen-bond donors (Lipinski definition) is 0. The highest BCUT2D eigenvalue weighted by Crippen LogP contribution is 2.36. The molecule has 0 spiro atoms. The van der Waals surface area contributed by atoms with Gasteiger partial charge in [-0.1, -0.05) is 30.7 Å². The number of rotatable bonds is 5. The second kappa shape index (κ2) is 11.7. The van der Waals surface area contributed by atoms with Crippen molar-refractivity contribution in [3.8, 4) is 11.1 Å². The van der Waals surface area contributed by atoms with E-state index in [-0.39, 0.29) is 5.91 Å². The van der Waals surface area contributed by atoms with Gasteiger partial charge in [0.15, 0.2) is 5.17 Å². The number of ether oxygens (including phenoxy) is 1. The fourth-order valence-electron chi connectivity index (χ4n) is 5.40. The van der Waals surface area contributed by atoms with Gasteiger partial charge >= 0.3 is 0 Å². The predicted molar refractivity (Wildman–Crippen MR) is 162 cm³/mol. The lowest BCUT2D eigenvalue weighted by atomic mass is 9.99. The number of fused-ring (bicyclic) bond motifs is 1. The number of aliphatic imine (C=N–C) groups is 1. The summed E-state index contributed by atoms with van der Waals surface area (Å²) in [6.45, 7) is 10.3. The Balaban J connectivity index is 1.24. The molecule has 6 rings (SSSR count). The standard InChI is InChI=1S/C30H32ClN5O2S/c1-2-9-34-10-12-35(13-11-34)27-6-4-22(20-25(27)31)23-7-8-32-26-5-3-21(18-24(23)26)19-28-29(37)33-30(39-28)36-14-16-38-17-15-36/h3-8,18-20H,2,9-17H2,1H3. The lowest BCUT2D eigenvalue weighted by Crippen LogP contribution is -2.46. The largest absolute Gasteiger partial charge is 0.378 e. The molecule has 1 amide bonds. The third-order valence-electron chi connectivity index (χ3n) is 7.47. The van der Waals surface area contributed by atoms with Gasteiger partial charge in [-0.3, -0.25) is 14.7 Å². The molecule has 3 aliphatic heterocycles. The summed E-state index contributed by atoms with van der Waals surface area (Å²) in [4.78, 5) is 29.2. The third-order valence-corrected chi connectivity index (χ3v) is 8.81. The van der Waals surface area contributed by atoms with E-state index >= 15 is 0 Å². The highest BCUT2D eigenvalue weighted by molar-refractivity contribution is 8.18. The van der Waals surface area contributed by atoms with E-state index in [0.29, 0.717) is 18.1 Å². The Kier molecular flexibility index (Phi) is 7.88. The molecule has 1 aromatic heterocycles. The molecule has 202 valence electrons. The fraction of sp³-hybridized carbons (Fsp3) is 0.367. The van der Waals surface area contributed by atoms with E-state index < -0.39 is 0 Å². The van der Waals surface area contributed by atoms with Crippen molar-refractivity contribution in [1.82, 2.24) is 14.8 Å². The van der Waals surface area contributed by atoms with Gasteiger partial charge in [-0.25, -0.2) is 0 Å². The van der Waals surface area contributed by atoms with Crippen LogP contribution in [0.2, 0.25) is 5.02 Å². The van der Waals surface area contributed by atoms with Crippen LogP contribution in [0.1, 0.15) is 18.9 Å². The number of thioether (sulfide) groups is 1. The summed E-state index contributed by atoms with van der Waals surface area (Å²) in [5.74, 6) is -0.189. The summed E-state index contributed by atoms with van der Waals surface area (Å²) in [6.07, 6.45) is 4.95. The van der Waals surface area contributed by atoms with Gasteiger partial charge in [0.1, 0.15) is 0 Å². The maximum absolute atomic E-state index is 12.7. The first-order valence-corrected chi connectivity index (χ1v) is 14.8. The number of carbonyl (C=O) groups is 1. The van der Waals surface area contributed by atoms with Crippen molar-refractivity contribution in [1.29, 1.82) is 0 Å². The Morgan fingerprint density at radius 2 is 1.82 bits per heavy atom. The highest BCUT2D eigenvalue weighted by Gasteiger charge is 2.27. The van der Waals surface area contributed by atoms with Crippen molar-refractivity contribution in [2.45, 2.75) is 13.3 Å². The number of nitrogens with zero attached hydrogens (tertiary/aromatic N) is 5. The topological polar surface area (TPSA) is 61.3 Å². The van der Waals surface area contributed by atoms with Crippen LogP contribution < -0.4 is 4.90 Å². The lowest BCUT2D eigenvalue weighted by Gasteiger charge is -2.36. The van der Waals surface area contributed by atoms with Crippen LogP contribution in [0.15, 0.2) is 58.6 Å². The number of morpholine rings is 1. The van der Waals surface area contributed by atoms with Crippen LogP contribution in [-0.2, 0) is 9.53 Å². The first-order valence-electron chi connectivity index (χ1n) is 13.6. The Morgan fingerprint density at radius 1 is 1.00 bits per heavy atom. The molecule has 3 aliphatic rings. The number of carbonyl (C=O) groups excluding carboxylic acids is 1. The van der Waals surface area contributed by atoms with Crippen LogP contribution >= 0.6 is 23.4 Å². The van der Waals surface area contributed by atoms with Crippen molar-refractivity contribution < 1.29 is 9.53 Å². The van der Waals surface area contributed by atoms with E-state index in [1.165, 1.54) is 18.2 Å². The number of aromatic nitrogens is 1. The van der Waals surface area contributed by atoms with Crippen LogP contribution in [0.25, 0.3) is 28.1 Å². The number of amidine groups is 1. The Morgan fingerprint density at radius 3 is 2.59 bits per heavy atom. The molecule has 0 unspecified atom stereocenters. The zero-order valence-corrected chi connectivity index (χ0v) is 23.7. The molecular weight excluding hydrogens is 530 g/mol. The summed E-state index contributed by atoms with van der Waals surface area (Å²) in [7, 11) is 0. The van der Waals surface area contributed by atoms with E-state index in [0.717, 1.165) is 89.3 Å². The SMILES string of the molecule is CCCN1CCN(c2ccc(-c3ccnc4ccc(C=C5SC(N6CCOCC6)=NC5=O)cc34)cc2Cl)CC1. The smallest absolute Gasteiger partial charge is 0.286 e. The normalized spacial score (nSPS) is 19.8. The van der Waals surface area contributed by atoms with Crippen LogP contribution in [0.5, 0.6) is 0 Å². The molecule has 39 heavy (non-hydrogen) atoms. The van der Waals surface area contributed by atoms with Crippen molar-refractivity contribution in [2.75, 3.05) is 63.9 Å². The minimum atomic E-state index is -0.189.